The van der Waals surface area contributed by atoms with Crippen LogP contribution in [0.15, 0.2) is 0 Å². The Hall–Kier alpha value is -0.330. The van der Waals surface area contributed by atoms with Crippen molar-refractivity contribution in [2.45, 2.75) is 10.5 Å². The van der Waals surface area contributed by atoms with Crippen molar-refractivity contribution >= 4 is 34.5 Å². The molecule has 0 aromatic rings. The van der Waals surface area contributed by atoms with Crippen molar-refractivity contribution < 1.29 is 9.59 Å². The Labute approximate surface area is 65.5 Å². The van der Waals surface area contributed by atoms with E-state index in [-0.39, 0.29) is 5.91 Å². The van der Waals surface area contributed by atoms with Gasteiger partial charge in [-0.05, 0) is 29.5 Å². The van der Waals surface area contributed by atoms with Gasteiger partial charge in [0.15, 0.2) is 3.55 Å². The number of carbonyl (C=O) groups is 2. The number of amides is 3. The number of rotatable bonds is 0. The predicted octanol–water partition coefficient (Wildman–Crippen LogP) is -0.0230. The van der Waals surface area contributed by atoms with Gasteiger partial charge in [-0.2, -0.15) is 0 Å². The van der Waals surface area contributed by atoms with E-state index >= 15 is 0 Å². The summed E-state index contributed by atoms with van der Waals surface area (Å²) in [4.78, 5) is 21.1. The van der Waals surface area contributed by atoms with Crippen LogP contribution >= 0.6 is 22.6 Å². The first-order valence-corrected chi connectivity index (χ1v) is 3.43. The van der Waals surface area contributed by atoms with Crippen LogP contribution in [0.1, 0.15) is 6.92 Å². The van der Waals surface area contributed by atoms with E-state index in [4.69, 9.17) is 0 Å². The van der Waals surface area contributed by atoms with Crippen LogP contribution < -0.4 is 10.6 Å². The maximum absolute atomic E-state index is 10.7. The molecule has 4 nitrogen and oxygen atoms in total. The Morgan fingerprint density at radius 3 is 2.22 bits per heavy atom. The normalized spacial score (nSPS) is 34.0. The number of hydrogen-bond acceptors (Lipinski definition) is 2. The second-order valence-electron chi connectivity index (χ2n) is 1.91. The molecule has 1 fully saturated rings. The van der Waals surface area contributed by atoms with Crippen LogP contribution in [0, 0.1) is 0 Å². The molecule has 0 bridgehead atoms. The largest absolute Gasteiger partial charge is 0.322 e. The van der Waals surface area contributed by atoms with E-state index in [1.165, 1.54) is 0 Å². The second-order valence-corrected chi connectivity index (χ2v) is 4.07. The van der Waals surface area contributed by atoms with Crippen LogP contribution in [0.25, 0.3) is 0 Å². The smallest absolute Gasteiger partial charge is 0.315 e. The molecule has 0 aromatic carbocycles. The van der Waals surface area contributed by atoms with Gasteiger partial charge in [-0.1, -0.05) is 0 Å². The van der Waals surface area contributed by atoms with Gasteiger partial charge in [0.2, 0.25) is 0 Å². The Kier molecular flexibility index (Phi) is 1.38. The highest BCUT2D eigenvalue weighted by atomic mass is 127. The zero-order valence-corrected chi connectivity index (χ0v) is 6.85. The monoisotopic (exact) mass is 240 g/mol. The molecule has 2 N–H and O–H groups in total. The zero-order valence-electron chi connectivity index (χ0n) is 4.69. The number of imide groups is 1. The minimum atomic E-state index is -0.755. The third-order valence-electron chi connectivity index (χ3n) is 1.00. The number of carbonyl (C=O) groups excluding carboxylic acids is 2. The average molecular weight is 240 g/mol. The number of alkyl halides is 1. The molecule has 0 unspecified atom stereocenters. The SMILES string of the molecule is C[C@]1(I)NC(=O)NC1=O. The molecule has 1 atom stereocenters. The zero-order chi connectivity index (χ0) is 7.07. The van der Waals surface area contributed by atoms with Crippen LogP contribution in [0.3, 0.4) is 0 Å². The highest BCUT2D eigenvalue weighted by molar-refractivity contribution is 14.1. The van der Waals surface area contributed by atoms with Gasteiger partial charge in [0, 0.05) is 0 Å². The molecule has 0 saturated carbocycles. The van der Waals surface area contributed by atoms with Crippen LogP contribution in [0.4, 0.5) is 4.79 Å². The molecule has 50 valence electrons. The lowest BCUT2D eigenvalue weighted by Gasteiger charge is -2.08. The minimum absolute atomic E-state index is 0.284. The van der Waals surface area contributed by atoms with Crippen LogP contribution in [0.2, 0.25) is 0 Å². The van der Waals surface area contributed by atoms with Crippen LogP contribution in [0.5, 0.6) is 0 Å². The standard InChI is InChI=1S/C4H5IN2O2/c1-4(5)2(8)6-3(9)7-4/h1H3,(H2,6,7,8,9)/t4-/m0/s1. The highest BCUT2D eigenvalue weighted by Gasteiger charge is 2.38. The first-order chi connectivity index (χ1) is 4.02. The summed E-state index contributed by atoms with van der Waals surface area (Å²) in [6.07, 6.45) is 0. The van der Waals surface area contributed by atoms with Gasteiger partial charge in [-0.3, -0.25) is 10.1 Å². The lowest BCUT2D eigenvalue weighted by molar-refractivity contribution is -0.120. The molecule has 5 heteroatoms. The van der Waals surface area contributed by atoms with Gasteiger partial charge in [0.05, 0.1) is 0 Å². The van der Waals surface area contributed by atoms with Crippen molar-refractivity contribution in [1.82, 2.24) is 10.6 Å². The third kappa shape index (κ3) is 1.15. The molecule has 3 amide bonds. The predicted molar refractivity (Wildman–Crippen MR) is 39.1 cm³/mol. The Bertz CT molecular complexity index is 177. The Morgan fingerprint density at radius 1 is 1.56 bits per heavy atom. The van der Waals surface area contributed by atoms with E-state index in [1.807, 2.05) is 22.6 Å². The van der Waals surface area contributed by atoms with Crippen LogP contribution in [-0.4, -0.2) is 15.5 Å². The second kappa shape index (κ2) is 1.83. The summed E-state index contributed by atoms with van der Waals surface area (Å²) in [6.45, 7) is 1.63. The summed E-state index contributed by atoms with van der Waals surface area (Å²) < 4.78 is -0.755. The number of halogens is 1. The molecule has 1 rings (SSSR count). The summed E-state index contributed by atoms with van der Waals surface area (Å²) in [5.41, 5.74) is 0. The van der Waals surface area contributed by atoms with Gasteiger partial charge in [0.25, 0.3) is 5.91 Å². The summed E-state index contributed by atoms with van der Waals surface area (Å²) in [7, 11) is 0. The van der Waals surface area contributed by atoms with Crippen molar-refractivity contribution in [2.75, 3.05) is 0 Å². The van der Waals surface area contributed by atoms with Gasteiger partial charge < -0.3 is 5.32 Å². The molecule has 1 aliphatic heterocycles. The van der Waals surface area contributed by atoms with Gasteiger partial charge >= 0.3 is 6.03 Å². The van der Waals surface area contributed by atoms with E-state index in [2.05, 4.69) is 10.6 Å². The molecule has 1 saturated heterocycles. The minimum Gasteiger partial charge on any atom is -0.315 e. The van der Waals surface area contributed by atoms with E-state index < -0.39 is 9.58 Å². The summed E-state index contributed by atoms with van der Waals surface area (Å²) in [5, 5.41) is 4.54. The summed E-state index contributed by atoms with van der Waals surface area (Å²) in [5.74, 6) is -0.284. The molecule has 1 heterocycles. The molecule has 0 radical (unpaired) electrons. The maximum Gasteiger partial charge on any atom is 0.322 e. The van der Waals surface area contributed by atoms with Gasteiger partial charge in [-0.25, -0.2) is 4.79 Å². The number of urea groups is 1. The van der Waals surface area contributed by atoms with E-state index in [9.17, 15) is 9.59 Å². The van der Waals surface area contributed by atoms with E-state index in [1.54, 1.807) is 6.92 Å². The number of hydrogen-bond donors (Lipinski definition) is 2. The summed E-state index contributed by atoms with van der Waals surface area (Å²) in [6, 6.07) is -0.420. The van der Waals surface area contributed by atoms with Crippen molar-refractivity contribution in [3.63, 3.8) is 0 Å². The Balaban J connectivity index is 2.81. The molecule has 0 aliphatic carbocycles. The first-order valence-electron chi connectivity index (χ1n) is 2.35. The van der Waals surface area contributed by atoms with Crippen molar-refractivity contribution in [3.05, 3.63) is 0 Å². The lowest BCUT2D eigenvalue weighted by Crippen LogP contribution is -2.36. The molecule has 9 heavy (non-hydrogen) atoms. The number of nitrogens with one attached hydrogen (secondary N) is 2. The average Bonchev–Trinajstić information content (AvgIpc) is 1.79. The first kappa shape index (κ1) is 6.79. The topological polar surface area (TPSA) is 58.2 Å². The maximum atomic E-state index is 10.7. The molecule has 0 spiro atoms. The Morgan fingerprint density at radius 2 is 2.11 bits per heavy atom. The van der Waals surface area contributed by atoms with Crippen LogP contribution in [-0.2, 0) is 4.79 Å². The van der Waals surface area contributed by atoms with Gasteiger partial charge in [0.1, 0.15) is 0 Å². The molecule has 0 aromatic heterocycles. The third-order valence-corrected chi connectivity index (χ3v) is 1.76. The van der Waals surface area contributed by atoms with Crippen molar-refractivity contribution in [1.29, 1.82) is 0 Å². The fourth-order valence-electron chi connectivity index (χ4n) is 0.522. The molecular formula is C4H5IN2O2. The summed E-state index contributed by atoms with van der Waals surface area (Å²) >= 11 is 1.86. The fourth-order valence-corrected chi connectivity index (χ4v) is 0.901. The molecular weight excluding hydrogens is 235 g/mol. The fraction of sp³-hybridized carbons (Fsp3) is 0.500. The van der Waals surface area contributed by atoms with Crippen molar-refractivity contribution in [3.8, 4) is 0 Å². The van der Waals surface area contributed by atoms with Crippen molar-refractivity contribution in [2.24, 2.45) is 0 Å². The van der Waals surface area contributed by atoms with E-state index in [0.717, 1.165) is 0 Å². The lowest BCUT2D eigenvalue weighted by atomic mass is 10.4. The van der Waals surface area contributed by atoms with Gasteiger partial charge in [-0.15, -0.1) is 0 Å². The quantitative estimate of drug-likeness (QED) is 0.270. The molecule has 1 aliphatic rings. The van der Waals surface area contributed by atoms with E-state index in [0.29, 0.717) is 0 Å². The highest BCUT2D eigenvalue weighted by Crippen LogP contribution is 2.17.